The molecule has 1 saturated carbocycles. The highest BCUT2D eigenvalue weighted by molar-refractivity contribution is 14.0. The zero-order valence-corrected chi connectivity index (χ0v) is 19.7. The number of guanidine groups is 1. The summed E-state index contributed by atoms with van der Waals surface area (Å²) in [7, 11) is 1.90. The number of hydrogen-bond donors (Lipinski definition) is 1. The van der Waals surface area contributed by atoms with Crippen molar-refractivity contribution in [1.82, 2.24) is 10.2 Å². The summed E-state index contributed by atoms with van der Waals surface area (Å²) >= 11 is 0. The van der Waals surface area contributed by atoms with Crippen LogP contribution < -0.4 is 5.32 Å². The van der Waals surface area contributed by atoms with E-state index < -0.39 is 0 Å². The van der Waals surface area contributed by atoms with Gasteiger partial charge in [0.05, 0.1) is 19.8 Å². The Morgan fingerprint density at radius 1 is 1.11 bits per heavy atom. The maximum absolute atomic E-state index is 5.68. The molecule has 0 aromatic heterocycles. The molecule has 2 fully saturated rings. The molecule has 28 heavy (non-hydrogen) atoms. The van der Waals surface area contributed by atoms with E-state index in [0.717, 1.165) is 44.0 Å². The molecule has 2 aliphatic rings. The fourth-order valence-corrected chi connectivity index (χ4v) is 4.37. The van der Waals surface area contributed by atoms with Gasteiger partial charge in [-0.05, 0) is 42.7 Å². The Morgan fingerprint density at radius 2 is 1.79 bits per heavy atom. The second-order valence-electron chi connectivity index (χ2n) is 7.68. The molecule has 1 saturated heterocycles. The number of likely N-dealkylation sites (tertiary alicyclic amines) is 1. The summed E-state index contributed by atoms with van der Waals surface area (Å²) in [4.78, 5) is 7.00. The Kier molecular flexibility index (Phi) is 10.6. The fourth-order valence-electron chi connectivity index (χ4n) is 4.37. The molecule has 2 unspecified atom stereocenters. The smallest absolute Gasteiger partial charge is 0.193 e. The van der Waals surface area contributed by atoms with Gasteiger partial charge in [0.25, 0.3) is 0 Å². The van der Waals surface area contributed by atoms with Crippen molar-refractivity contribution in [2.24, 2.45) is 16.8 Å². The van der Waals surface area contributed by atoms with Gasteiger partial charge in [0.1, 0.15) is 0 Å². The highest BCUT2D eigenvalue weighted by atomic mass is 127. The van der Waals surface area contributed by atoms with Crippen LogP contribution in [-0.2, 0) is 22.6 Å². The van der Waals surface area contributed by atoms with Gasteiger partial charge in [-0.25, -0.2) is 0 Å². The maximum Gasteiger partial charge on any atom is 0.193 e. The van der Waals surface area contributed by atoms with Crippen LogP contribution in [0.2, 0.25) is 0 Å². The normalized spacial score (nSPS) is 21.9. The van der Waals surface area contributed by atoms with E-state index in [2.05, 4.69) is 39.5 Å². The third kappa shape index (κ3) is 6.88. The van der Waals surface area contributed by atoms with E-state index in [0.29, 0.717) is 19.8 Å². The Morgan fingerprint density at radius 3 is 2.46 bits per heavy atom. The van der Waals surface area contributed by atoms with Gasteiger partial charge in [-0.1, -0.05) is 37.1 Å². The Hall–Kier alpha value is -0.860. The summed E-state index contributed by atoms with van der Waals surface area (Å²) in [5, 5.41) is 3.56. The molecular formula is C22H36IN3O2. The zero-order valence-electron chi connectivity index (χ0n) is 17.4. The van der Waals surface area contributed by atoms with Crippen molar-refractivity contribution in [2.75, 3.05) is 40.0 Å². The Bertz CT molecular complexity index is 597. The molecule has 1 aliphatic carbocycles. The first-order chi connectivity index (χ1) is 13.3. The van der Waals surface area contributed by atoms with Gasteiger partial charge in [0.2, 0.25) is 0 Å². The number of fused-ring (bicyclic) bond motifs is 1. The summed E-state index contributed by atoms with van der Waals surface area (Å²) in [6.45, 7) is 7.80. The number of nitrogens with zero attached hydrogens (tertiary/aromatic N) is 2. The number of ether oxygens (including phenoxy) is 2. The van der Waals surface area contributed by atoms with Crippen molar-refractivity contribution < 1.29 is 9.47 Å². The molecule has 1 aromatic carbocycles. The second-order valence-corrected chi connectivity index (χ2v) is 7.68. The molecule has 0 bridgehead atoms. The summed E-state index contributed by atoms with van der Waals surface area (Å²) in [6.07, 6.45) is 5.59. The first-order valence-corrected chi connectivity index (χ1v) is 10.5. The van der Waals surface area contributed by atoms with Crippen molar-refractivity contribution in [2.45, 2.75) is 45.8 Å². The molecule has 1 aliphatic heterocycles. The molecule has 0 amide bonds. The minimum Gasteiger partial charge on any atom is -0.379 e. The quantitative estimate of drug-likeness (QED) is 0.253. The Labute approximate surface area is 187 Å². The van der Waals surface area contributed by atoms with Crippen LogP contribution in [0.15, 0.2) is 29.3 Å². The predicted molar refractivity (Wildman–Crippen MR) is 125 cm³/mol. The standard InChI is InChI=1S/C22H35N3O2.HI/c1-3-26-11-12-27-17-19-8-6-7-18(13-19)14-24-22(23-2)25-15-20-9-4-5-10-21(20)16-25;/h6-8,13,20-21H,3-5,9-12,14-17H2,1-2H3,(H,23,24);1H. The van der Waals surface area contributed by atoms with Crippen molar-refractivity contribution in [3.05, 3.63) is 35.4 Å². The highest BCUT2D eigenvalue weighted by Crippen LogP contribution is 2.35. The topological polar surface area (TPSA) is 46.1 Å². The summed E-state index contributed by atoms with van der Waals surface area (Å²) in [5.41, 5.74) is 2.46. The second kappa shape index (κ2) is 12.6. The predicted octanol–water partition coefficient (Wildman–Crippen LogP) is 4.06. The number of nitrogens with one attached hydrogen (secondary N) is 1. The van der Waals surface area contributed by atoms with E-state index in [1.54, 1.807) is 0 Å². The molecule has 5 nitrogen and oxygen atoms in total. The lowest BCUT2D eigenvalue weighted by Gasteiger charge is -2.22. The van der Waals surface area contributed by atoms with Crippen LogP contribution in [0.25, 0.3) is 0 Å². The number of rotatable bonds is 8. The third-order valence-electron chi connectivity index (χ3n) is 5.77. The average molecular weight is 501 g/mol. The number of benzene rings is 1. The monoisotopic (exact) mass is 501 g/mol. The summed E-state index contributed by atoms with van der Waals surface area (Å²) in [5.74, 6) is 2.78. The Balaban J connectivity index is 0.00000280. The minimum atomic E-state index is 0. The lowest BCUT2D eigenvalue weighted by molar-refractivity contribution is 0.0453. The molecule has 1 heterocycles. The summed E-state index contributed by atoms with van der Waals surface area (Å²) in [6, 6.07) is 8.59. The van der Waals surface area contributed by atoms with Crippen LogP contribution in [0.1, 0.15) is 43.7 Å². The first-order valence-electron chi connectivity index (χ1n) is 10.5. The number of halogens is 1. The van der Waals surface area contributed by atoms with Crippen LogP contribution in [-0.4, -0.2) is 50.8 Å². The van der Waals surface area contributed by atoms with Crippen molar-refractivity contribution in [3.8, 4) is 0 Å². The van der Waals surface area contributed by atoms with E-state index in [1.807, 2.05) is 14.0 Å². The number of hydrogen-bond acceptors (Lipinski definition) is 3. The van der Waals surface area contributed by atoms with Crippen LogP contribution in [0.5, 0.6) is 0 Å². The van der Waals surface area contributed by atoms with Crippen LogP contribution in [0, 0.1) is 11.8 Å². The van der Waals surface area contributed by atoms with Crippen LogP contribution in [0.3, 0.4) is 0 Å². The van der Waals surface area contributed by atoms with Gasteiger partial charge in [-0.3, -0.25) is 4.99 Å². The van der Waals surface area contributed by atoms with Gasteiger partial charge in [-0.2, -0.15) is 0 Å². The summed E-state index contributed by atoms with van der Waals surface area (Å²) < 4.78 is 11.0. The van der Waals surface area contributed by atoms with Crippen molar-refractivity contribution >= 4 is 29.9 Å². The number of aliphatic imine (C=N–C) groups is 1. The van der Waals surface area contributed by atoms with Gasteiger partial charge in [0.15, 0.2) is 5.96 Å². The lowest BCUT2D eigenvalue weighted by atomic mass is 9.82. The van der Waals surface area contributed by atoms with Gasteiger partial charge in [0, 0.05) is 33.3 Å². The fraction of sp³-hybridized carbons (Fsp3) is 0.682. The van der Waals surface area contributed by atoms with E-state index in [9.17, 15) is 0 Å². The van der Waals surface area contributed by atoms with Crippen molar-refractivity contribution in [3.63, 3.8) is 0 Å². The molecule has 1 aromatic rings. The SMILES string of the molecule is CCOCCOCc1cccc(CNC(=NC)N2CC3CCCCC3C2)c1.I. The highest BCUT2D eigenvalue weighted by Gasteiger charge is 2.35. The minimum absolute atomic E-state index is 0. The largest absolute Gasteiger partial charge is 0.379 e. The zero-order chi connectivity index (χ0) is 18.9. The van der Waals surface area contributed by atoms with Gasteiger partial charge >= 0.3 is 0 Å². The van der Waals surface area contributed by atoms with E-state index in [-0.39, 0.29) is 24.0 Å². The average Bonchev–Trinajstić information content (AvgIpc) is 3.12. The van der Waals surface area contributed by atoms with Crippen molar-refractivity contribution in [1.29, 1.82) is 0 Å². The molecule has 2 atom stereocenters. The first kappa shape index (κ1) is 23.4. The van der Waals surface area contributed by atoms with Crippen LogP contribution in [0.4, 0.5) is 0 Å². The van der Waals surface area contributed by atoms with Gasteiger partial charge < -0.3 is 19.7 Å². The lowest BCUT2D eigenvalue weighted by Crippen LogP contribution is -2.39. The third-order valence-corrected chi connectivity index (χ3v) is 5.77. The molecule has 3 rings (SSSR count). The van der Waals surface area contributed by atoms with E-state index in [4.69, 9.17) is 9.47 Å². The molecule has 158 valence electrons. The molecular weight excluding hydrogens is 465 g/mol. The van der Waals surface area contributed by atoms with E-state index in [1.165, 1.54) is 36.8 Å². The molecule has 6 heteroatoms. The molecule has 0 spiro atoms. The van der Waals surface area contributed by atoms with Gasteiger partial charge in [-0.15, -0.1) is 24.0 Å². The van der Waals surface area contributed by atoms with Crippen LogP contribution >= 0.6 is 24.0 Å². The molecule has 0 radical (unpaired) electrons. The molecule has 1 N–H and O–H groups in total. The maximum atomic E-state index is 5.68. The van der Waals surface area contributed by atoms with E-state index >= 15 is 0 Å².